The molecule has 102 valence electrons. The van der Waals surface area contributed by atoms with Gasteiger partial charge in [-0.3, -0.25) is 0 Å². The highest BCUT2D eigenvalue weighted by Crippen LogP contribution is 2.22. The van der Waals surface area contributed by atoms with Crippen LogP contribution in [0.1, 0.15) is 31.4 Å². The number of nitrogens with two attached hydrogens (primary N) is 1. The molecular weight excluding hydrogens is 248 g/mol. The minimum Gasteiger partial charge on any atom is -0.399 e. The van der Waals surface area contributed by atoms with E-state index in [1.807, 2.05) is 20.8 Å². The molecule has 0 aliphatic heterocycles. The highest BCUT2D eigenvalue weighted by atomic mass is 32.2. The van der Waals surface area contributed by atoms with E-state index in [4.69, 9.17) is 5.73 Å². The number of hydrogen-bond donors (Lipinski definition) is 2. The van der Waals surface area contributed by atoms with Gasteiger partial charge >= 0.3 is 0 Å². The molecule has 0 fully saturated rings. The van der Waals surface area contributed by atoms with Gasteiger partial charge in [0.15, 0.2) is 0 Å². The Kier molecular flexibility index (Phi) is 4.76. The van der Waals surface area contributed by atoms with Gasteiger partial charge in [0, 0.05) is 12.2 Å². The summed E-state index contributed by atoms with van der Waals surface area (Å²) in [7, 11) is -3.47. The first-order chi connectivity index (χ1) is 8.27. The van der Waals surface area contributed by atoms with Crippen molar-refractivity contribution in [1.29, 1.82) is 0 Å². The molecular formula is C13H22N2O2S. The molecule has 3 N–H and O–H groups in total. The molecule has 1 aromatic carbocycles. The first kappa shape index (κ1) is 15.0. The summed E-state index contributed by atoms with van der Waals surface area (Å²) in [6.07, 6.45) is 0.942. The Morgan fingerprint density at radius 2 is 1.94 bits per heavy atom. The fourth-order valence-electron chi connectivity index (χ4n) is 1.61. The molecule has 0 radical (unpaired) electrons. The van der Waals surface area contributed by atoms with Crippen molar-refractivity contribution in [2.24, 2.45) is 5.92 Å². The van der Waals surface area contributed by atoms with Crippen LogP contribution >= 0.6 is 0 Å². The van der Waals surface area contributed by atoms with Gasteiger partial charge in [0.2, 0.25) is 10.0 Å². The van der Waals surface area contributed by atoms with E-state index in [1.54, 1.807) is 13.0 Å². The summed E-state index contributed by atoms with van der Waals surface area (Å²) >= 11 is 0. The number of benzene rings is 1. The lowest BCUT2D eigenvalue weighted by Crippen LogP contribution is -2.29. The molecule has 18 heavy (non-hydrogen) atoms. The monoisotopic (exact) mass is 270 g/mol. The van der Waals surface area contributed by atoms with E-state index in [0.717, 1.165) is 17.5 Å². The number of anilines is 1. The molecule has 0 heterocycles. The van der Waals surface area contributed by atoms with Gasteiger partial charge in [-0.1, -0.05) is 20.3 Å². The maximum absolute atomic E-state index is 12.2. The fourth-order valence-corrected chi connectivity index (χ4v) is 3.12. The van der Waals surface area contributed by atoms with E-state index in [-0.39, 0.29) is 4.90 Å². The predicted octanol–water partition coefficient (Wildman–Crippen LogP) is 2.21. The van der Waals surface area contributed by atoms with Crippen molar-refractivity contribution in [1.82, 2.24) is 4.72 Å². The Balaban J connectivity index is 3.05. The third-order valence-electron chi connectivity index (χ3n) is 3.25. The summed E-state index contributed by atoms with van der Waals surface area (Å²) in [5.74, 6) is 0.322. The SMILES string of the molecule is CCC(C)CNS(=O)(=O)c1cc(N)cc(C)c1C. The molecule has 5 heteroatoms. The van der Waals surface area contributed by atoms with Crippen molar-refractivity contribution in [2.45, 2.75) is 39.0 Å². The lowest BCUT2D eigenvalue weighted by molar-refractivity contribution is 0.528. The number of nitrogens with one attached hydrogen (secondary N) is 1. The van der Waals surface area contributed by atoms with E-state index in [1.165, 1.54) is 6.07 Å². The highest BCUT2D eigenvalue weighted by Gasteiger charge is 2.18. The van der Waals surface area contributed by atoms with E-state index >= 15 is 0 Å². The average molecular weight is 270 g/mol. The Morgan fingerprint density at radius 3 is 2.50 bits per heavy atom. The third kappa shape index (κ3) is 3.46. The van der Waals surface area contributed by atoms with Crippen molar-refractivity contribution in [3.8, 4) is 0 Å². The molecule has 0 aromatic heterocycles. The van der Waals surface area contributed by atoms with Crippen LogP contribution in [-0.2, 0) is 10.0 Å². The molecule has 1 unspecified atom stereocenters. The van der Waals surface area contributed by atoms with Gasteiger partial charge in [-0.05, 0) is 43.0 Å². The Hall–Kier alpha value is -1.07. The number of hydrogen-bond acceptors (Lipinski definition) is 3. The van der Waals surface area contributed by atoms with Crippen LogP contribution < -0.4 is 10.5 Å². The van der Waals surface area contributed by atoms with Crippen LogP contribution in [0.5, 0.6) is 0 Å². The van der Waals surface area contributed by atoms with Crippen LogP contribution in [0, 0.1) is 19.8 Å². The van der Waals surface area contributed by atoms with Gasteiger partial charge in [-0.25, -0.2) is 13.1 Å². The number of nitrogen functional groups attached to an aromatic ring is 1. The van der Waals surface area contributed by atoms with Crippen LogP contribution in [0.2, 0.25) is 0 Å². The van der Waals surface area contributed by atoms with Crippen molar-refractivity contribution >= 4 is 15.7 Å². The Labute approximate surface area is 110 Å². The van der Waals surface area contributed by atoms with Crippen molar-refractivity contribution in [2.75, 3.05) is 12.3 Å². The fraction of sp³-hybridized carbons (Fsp3) is 0.538. The van der Waals surface area contributed by atoms with E-state index in [2.05, 4.69) is 4.72 Å². The van der Waals surface area contributed by atoms with Gasteiger partial charge in [-0.15, -0.1) is 0 Å². The van der Waals surface area contributed by atoms with Crippen LogP contribution in [0.15, 0.2) is 17.0 Å². The lowest BCUT2D eigenvalue weighted by Gasteiger charge is -2.14. The molecule has 0 saturated carbocycles. The molecule has 1 atom stereocenters. The molecule has 1 aromatic rings. The van der Waals surface area contributed by atoms with Crippen molar-refractivity contribution in [3.63, 3.8) is 0 Å². The molecule has 0 amide bonds. The van der Waals surface area contributed by atoms with Crippen molar-refractivity contribution in [3.05, 3.63) is 23.3 Å². The summed E-state index contributed by atoms with van der Waals surface area (Å²) in [6, 6.07) is 3.30. The second kappa shape index (κ2) is 5.71. The molecule has 0 spiro atoms. The number of sulfonamides is 1. The summed E-state index contributed by atoms with van der Waals surface area (Å²) < 4.78 is 27.1. The van der Waals surface area contributed by atoms with Crippen LogP contribution in [0.3, 0.4) is 0 Å². The van der Waals surface area contributed by atoms with E-state index in [0.29, 0.717) is 18.2 Å². The molecule has 0 aliphatic carbocycles. The first-order valence-electron chi connectivity index (χ1n) is 6.14. The van der Waals surface area contributed by atoms with Gasteiger partial charge in [0.1, 0.15) is 0 Å². The smallest absolute Gasteiger partial charge is 0.240 e. The van der Waals surface area contributed by atoms with Gasteiger partial charge < -0.3 is 5.73 Å². The van der Waals surface area contributed by atoms with Crippen molar-refractivity contribution < 1.29 is 8.42 Å². The maximum Gasteiger partial charge on any atom is 0.240 e. The Morgan fingerprint density at radius 1 is 1.33 bits per heavy atom. The van der Waals surface area contributed by atoms with E-state index in [9.17, 15) is 8.42 Å². The second-order valence-corrected chi connectivity index (χ2v) is 6.56. The van der Waals surface area contributed by atoms with Gasteiger partial charge in [0.25, 0.3) is 0 Å². The number of aryl methyl sites for hydroxylation is 1. The molecule has 4 nitrogen and oxygen atoms in total. The zero-order valence-corrected chi connectivity index (χ0v) is 12.3. The molecule has 0 saturated heterocycles. The quantitative estimate of drug-likeness (QED) is 0.806. The molecule has 0 bridgehead atoms. The van der Waals surface area contributed by atoms with Crippen LogP contribution in [0.4, 0.5) is 5.69 Å². The normalized spacial score (nSPS) is 13.6. The van der Waals surface area contributed by atoms with Crippen LogP contribution in [0.25, 0.3) is 0 Å². The first-order valence-corrected chi connectivity index (χ1v) is 7.62. The minimum absolute atomic E-state index is 0.281. The van der Waals surface area contributed by atoms with Crippen LogP contribution in [-0.4, -0.2) is 15.0 Å². The zero-order valence-electron chi connectivity index (χ0n) is 11.4. The average Bonchev–Trinajstić information content (AvgIpc) is 2.30. The van der Waals surface area contributed by atoms with E-state index < -0.39 is 10.0 Å². The summed E-state index contributed by atoms with van der Waals surface area (Å²) in [4.78, 5) is 0.281. The molecule has 1 rings (SSSR count). The highest BCUT2D eigenvalue weighted by molar-refractivity contribution is 7.89. The third-order valence-corrected chi connectivity index (χ3v) is 4.80. The summed E-state index contributed by atoms with van der Waals surface area (Å²) in [5.41, 5.74) is 7.83. The summed E-state index contributed by atoms with van der Waals surface area (Å²) in [5, 5.41) is 0. The summed E-state index contributed by atoms with van der Waals surface area (Å²) in [6.45, 7) is 8.16. The number of rotatable bonds is 5. The van der Waals surface area contributed by atoms with Gasteiger partial charge in [0.05, 0.1) is 4.90 Å². The second-order valence-electron chi connectivity index (χ2n) is 4.83. The Bertz CT molecular complexity index is 524. The maximum atomic E-state index is 12.2. The predicted molar refractivity (Wildman–Crippen MR) is 75.0 cm³/mol. The van der Waals surface area contributed by atoms with Gasteiger partial charge in [-0.2, -0.15) is 0 Å². The lowest BCUT2D eigenvalue weighted by atomic mass is 10.1. The topological polar surface area (TPSA) is 72.2 Å². The molecule has 0 aliphatic rings. The standard InChI is InChI=1S/C13H22N2O2S/c1-5-9(2)8-15-18(16,17)13-7-12(14)6-10(3)11(13)4/h6-7,9,15H,5,8,14H2,1-4H3. The minimum atomic E-state index is -3.47. The zero-order chi connectivity index (χ0) is 13.9. The largest absolute Gasteiger partial charge is 0.399 e.